The number of aliphatic carboxylic acids is 1. The second-order valence-electron chi connectivity index (χ2n) is 3.31. The Kier molecular flexibility index (Phi) is 2.47. The first kappa shape index (κ1) is 10.2. The average Bonchev–Trinajstić information content (AvgIpc) is 2.18. The summed E-state index contributed by atoms with van der Waals surface area (Å²) in [5.74, 6) is -0.725. The Morgan fingerprint density at radius 1 is 1.73 bits per heavy atom. The van der Waals surface area contributed by atoms with Crippen LogP contribution in [0.1, 0.15) is 6.42 Å². The SMILES string of the molecule is N=NCC1=C(C(=O)O)N2C(=O)C[C@@H]2SC1. The van der Waals surface area contributed by atoms with E-state index in [4.69, 9.17) is 10.6 Å². The van der Waals surface area contributed by atoms with Crippen LogP contribution in [0.25, 0.3) is 0 Å². The van der Waals surface area contributed by atoms with Gasteiger partial charge in [0, 0.05) is 5.75 Å². The van der Waals surface area contributed by atoms with Crippen molar-refractivity contribution in [3.05, 3.63) is 11.3 Å². The molecule has 2 aliphatic heterocycles. The van der Waals surface area contributed by atoms with Crippen molar-refractivity contribution in [2.45, 2.75) is 11.8 Å². The molecule has 0 spiro atoms. The molecule has 0 aromatic rings. The molecule has 0 aromatic carbocycles. The molecule has 2 aliphatic rings. The number of carboxylic acids is 1. The summed E-state index contributed by atoms with van der Waals surface area (Å²) in [7, 11) is 0. The third-order valence-electron chi connectivity index (χ3n) is 2.40. The highest BCUT2D eigenvalue weighted by Gasteiger charge is 2.45. The minimum absolute atomic E-state index is 0.0296. The lowest BCUT2D eigenvalue weighted by molar-refractivity contribution is -0.146. The van der Waals surface area contributed by atoms with Gasteiger partial charge in [-0.25, -0.2) is 10.3 Å². The van der Waals surface area contributed by atoms with Gasteiger partial charge >= 0.3 is 5.97 Å². The van der Waals surface area contributed by atoms with Crippen LogP contribution in [0.5, 0.6) is 0 Å². The van der Waals surface area contributed by atoms with E-state index in [1.165, 1.54) is 16.7 Å². The van der Waals surface area contributed by atoms with Crippen molar-refractivity contribution in [1.29, 1.82) is 5.53 Å². The van der Waals surface area contributed by atoms with Crippen LogP contribution < -0.4 is 0 Å². The van der Waals surface area contributed by atoms with Gasteiger partial charge in [0.15, 0.2) is 0 Å². The molecule has 6 nitrogen and oxygen atoms in total. The van der Waals surface area contributed by atoms with Crippen molar-refractivity contribution in [2.24, 2.45) is 5.11 Å². The van der Waals surface area contributed by atoms with Crippen molar-refractivity contribution in [2.75, 3.05) is 12.3 Å². The van der Waals surface area contributed by atoms with Gasteiger partial charge in [-0.1, -0.05) is 0 Å². The van der Waals surface area contributed by atoms with Crippen LogP contribution in [-0.2, 0) is 9.59 Å². The molecule has 0 bridgehead atoms. The van der Waals surface area contributed by atoms with Crippen molar-refractivity contribution in [3.63, 3.8) is 0 Å². The first-order valence-electron chi connectivity index (χ1n) is 4.37. The minimum Gasteiger partial charge on any atom is -0.477 e. The summed E-state index contributed by atoms with van der Waals surface area (Å²) in [4.78, 5) is 23.6. The number of nitrogens with zero attached hydrogens (tertiary/aromatic N) is 2. The monoisotopic (exact) mass is 227 g/mol. The van der Waals surface area contributed by atoms with E-state index in [-0.39, 0.29) is 23.5 Å². The fraction of sp³-hybridized carbons (Fsp3) is 0.500. The molecule has 2 heterocycles. The second kappa shape index (κ2) is 3.65. The van der Waals surface area contributed by atoms with Crippen molar-refractivity contribution in [1.82, 2.24) is 4.90 Å². The summed E-state index contributed by atoms with van der Waals surface area (Å²) in [5.41, 5.74) is 7.32. The number of thioether (sulfide) groups is 1. The van der Waals surface area contributed by atoms with Gasteiger partial charge < -0.3 is 5.11 Å². The Balaban J connectivity index is 2.36. The molecule has 1 fully saturated rings. The highest BCUT2D eigenvalue weighted by atomic mass is 32.2. The maximum atomic E-state index is 11.3. The fourth-order valence-electron chi connectivity index (χ4n) is 1.70. The number of β-lactam (4-membered cyclic amide) rings is 1. The third kappa shape index (κ3) is 1.52. The van der Waals surface area contributed by atoms with E-state index in [9.17, 15) is 9.59 Å². The Morgan fingerprint density at radius 2 is 2.47 bits per heavy atom. The highest BCUT2D eigenvalue weighted by Crippen LogP contribution is 2.39. The number of amides is 1. The zero-order valence-electron chi connectivity index (χ0n) is 7.77. The first-order chi connectivity index (χ1) is 7.15. The number of carbonyl (C=O) groups excluding carboxylic acids is 1. The van der Waals surface area contributed by atoms with Crippen LogP contribution in [0.2, 0.25) is 0 Å². The van der Waals surface area contributed by atoms with Crippen LogP contribution >= 0.6 is 11.8 Å². The molecule has 0 saturated carbocycles. The van der Waals surface area contributed by atoms with Crippen molar-refractivity contribution in [3.8, 4) is 0 Å². The number of hydrogen-bond donors (Lipinski definition) is 2. The zero-order chi connectivity index (χ0) is 11.0. The standard InChI is InChI=1S/C8H9N3O3S/c9-10-2-4-3-15-6-1-5(12)11(6)7(4)8(13)14/h6,9H,1-3H2,(H,13,14)/t6-/m0/s1. The van der Waals surface area contributed by atoms with Crippen LogP contribution in [0.3, 0.4) is 0 Å². The number of carboxylic acid groups (broad SMARTS) is 1. The molecule has 0 aliphatic carbocycles. The molecule has 2 N–H and O–H groups in total. The molecule has 0 unspecified atom stereocenters. The molecular weight excluding hydrogens is 218 g/mol. The van der Waals surface area contributed by atoms with E-state index in [1.807, 2.05) is 0 Å². The molecule has 80 valence electrons. The molecule has 0 radical (unpaired) electrons. The van der Waals surface area contributed by atoms with E-state index < -0.39 is 5.97 Å². The second-order valence-corrected chi connectivity index (χ2v) is 4.47. The summed E-state index contributed by atoms with van der Waals surface area (Å²) < 4.78 is 0. The van der Waals surface area contributed by atoms with Gasteiger partial charge in [0.1, 0.15) is 5.70 Å². The van der Waals surface area contributed by atoms with Crippen molar-refractivity contribution < 1.29 is 14.7 Å². The summed E-state index contributed by atoms with van der Waals surface area (Å²) in [6.07, 6.45) is 0.409. The van der Waals surface area contributed by atoms with E-state index in [0.717, 1.165) is 0 Å². The smallest absolute Gasteiger partial charge is 0.352 e. The average molecular weight is 227 g/mol. The quantitative estimate of drug-likeness (QED) is 0.547. The summed E-state index contributed by atoms with van der Waals surface area (Å²) in [6.45, 7) is 0.0606. The van der Waals surface area contributed by atoms with Gasteiger partial charge in [0.2, 0.25) is 5.91 Å². The molecule has 2 rings (SSSR count). The molecule has 0 aromatic heterocycles. The van der Waals surface area contributed by atoms with Crippen LogP contribution in [-0.4, -0.2) is 39.6 Å². The number of rotatable bonds is 3. The number of carbonyl (C=O) groups is 2. The maximum absolute atomic E-state index is 11.3. The maximum Gasteiger partial charge on any atom is 0.352 e. The first-order valence-corrected chi connectivity index (χ1v) is 5.42. The molecule has 7 heteroatoms. The number of hydrogen-bond acceptors (Lipinski definition) is 5. The lowest BCUT2D eigenvalue weighted by Gasteiger charge is -2.43. The molecular formula is C8H9N3O3S. The lowest BCUT2D eigenvalue weighted by Crippen LogP contribution is -2.54. The topological polar surface area (TPSA) is 93.8 Å². The largest absolute Gasteiger partial charge is 0.477 e. The van der Waals surface area contributed by atoms with Gasteiger partial charge in [-0.05, 0) is 5.57 Å². The van der Waals surface area contributed by atoms with Crippen LogP contribution in [0.15, 0.2) is 16.4 Å². The van der Waals surface area contributed by atoms with E-state index in [0.29, 0.717) is 17.7 Å². The van der Waals surface area contributed by atoms with Gasteiger partial charge in [0.25, 0.3) is 0 Å². The Morgan fingerprint density at radius 3 is 3.00 bits per heavy atom. The number of nitrogens with one attached hydrogen (secondary N) is 1. The molecule has 1 amide bonds. The zero-order valence-corrected chi connectivity index (χ0v) is 8.58. The third-order valence-corrected chi connectivity index (χ3v) is 3.68. The van der Waals surface area contributed by atoms with E-state index in [2.05, 4.69) is 5.11 Å². The Bertz CT molecular complexity index is 379. The molecule has 1 saturated heterocycles. The summed E-state index contributed by atoms with van der Waals surface area (Å²) in [5, 5.41) is 12.2. The van der Waals surface area contributed by atoms with Crippen LogP contribution in [0.4, 0.5) is 0 Å². The number of fused-ring (bicyclic) bond motifs is 1. The Hall–Kier alpha value is -1.37. The normalized spacial score (nSPS) is 24.7. The fourth-order valence-corrected chi connectivity index (χ4v) is 2.95. The van der Waals surface area contributed by atoms with E-state index >= 15 is 0 Å². The highest BCUT2D eigenvalue weighted by molar-refractivity contribution is 8.00. The van der Waals surface area contributed by atoms with Crippen molar-refractivity contribution >= 4 is 23.6 Å². The van der Waals surface area contributed by atoms with Gasteiger partial charge in [0.05, 0.1) is 18.3 Å². The van der Waals surface area contributed by atoms with Gasteiger partial charge in [-0.2, -0.15) is 5.11 Å². The predicted molar refractivity (Wildman–Crippen MR) is 52.4 cm³/mol. The minimum atomic E-state index is -1.10. The summed E-state index contributed by atoms with van der Waals surface area (Å²) >= 11 is 1.53. The summed E-state index contributed by atoms with van der Waals surface area (Å²) in [6, 6.07) is 0. The molecule has 15 heavy (non-hydrogen) atoms. The van der Waals surface area contributed by atoms with Crippen LogP contribution in [0, 0.1) is 5.53 Å². The predicted octanol–water partition coefficient (Wildman–Crippen LogP) is 0.661. The van der Waals surface area contributed by atoms with Gasteiger partial charge in [-0.15, -0.1) is 11.8 Å². The molecule has 1 atom stereocenters. The van der Waals surface area contributed by atoms with E-state index in [1.54, 1.807) is 0 Å². The lowest BCUT2D eigenvalue weighted by atomic mass is 10.1. The Labute approximate surface area is 89.8 Å². The van der Waals surface area contributed by atoms with Gasteiger partial charge in [-0.3, -0.25) is 9.69 Å².